The Morgan fingerprint density at radius 1 is 1.27 bits per heavy atom. The van der Waals surface area contributed by atoms with Crippen molar-refractivity contribution in [3.05, 3.63) is 64.2 Å². The van der Waals surface area contributed by atoms with E-state index < -0.39 is 0 Å². The van der Waals surface area contributed by atoms with E-state index in [4.69, 9.17) is 21.2 Å². The zero-order valence-electron chi connectivity index (χ0n) is 12.4. The molecule has 114 valence electrons. The van der Waals surface area contributed by atoms with Crippen LogP contribution in [0.3, 0.4) is 0 Å². The number of ether oxygens (including phenoxy) is 1. The number of benzene rings is 2. The monoisotopic (exact) mass is 317 g/mol. The fourth-order valence-corrected chi connectivity index (χ4v) is 2.08. The number of carbonyl (C=O) groups excluding carboxylic acids is 1. The van der Waals surface area contributed by atoms with E-state index in [0.29, 0.717) is 16.3 Å². The molecule has 0 aromatic heterocycles. The Hall–Kier alpha value is -2.33. The third-order valence-corrected chi connectivity index (χ3v) is 3.42. The standard InChI is InChI=1S/C17H16ClNO3/c1-12(20)13-7-8-17(21-2)15(9-13)11-22-19-10-14-5-3-4-6-16(14)18/h3-10H,11H2,1-2H3. The smallest absolute Gasteiger partial charge is 0.159 e. The summed E-state index contributed by atoms with van der Waals surface area (Å²) in [7, 11) is 1.57. The maximum Gasteiger partial charge on any atom is 0.159 e. The van der Waals surface area contributed by atoms with E-state index >= 15 is 0 Å². The molecule has 0 atom stereocenters. The Labute approximate surface area is 134 Å². The predicted octanol–water partition coefficient (Wildman–Crippen LogP) is 4.10. The van der Waals surface area contributed by atoms with Crippen LogP contribution >= 0.6 is 11.6 Å². The number of nitrogens with zero attached hydrogens (tertiary/aromatic N) is 1. The van der Waals surface area contributed by atoms with Crippen LogP contribution in [-0.4, -0.2) is 19.1 Å². The topological polar surface area (TPSA) is 47.9 Å². The van der Waals surface area contributed by atoms with Crippen LogP contribution in [0.25, 0.3) is 0 Å². The lowest BCUT2D eigenvalue weighted by Gasteiger charge is -2.08. The fourth-order valence-electron chi connectivity index (χ4n) is 1.89. The highest BCUT2D eigenvalue weighted by molar-refractivity contribution is 6.33. The molecular formula is C17H16ClNO3. The normalized spacial score (nSPS) is 10.7. The minimum absolute atomic E-state index is 0.0107. The van der Waals surface area contributed by atoms with Gasteiger partial charge in [0.25, 0.3) is 0 Å². The van der Waals surface area contributed by atoms with Crippen molar-refractivity contribution in [2.75, 3.05) is 7.11 Å². The summed E-state index contributed by atoms with van der Waals surface area (Å²) >= 11 is 6.02. The second-order valence-corrected chi connectivity index (χ2v) is 5.02. The number of methoxy groups -OCH3 is 1. The van der Waals surface area contributed by atoms with Gasteiger partial charge >= 0.3 is 0 Å². The average Bonchev–Trinajstić information content (AvgIpc) is 2.52. The highest BCUT2D eigenvalue weighted by Gasteiger charge is 2.07. The molecule has 0 N–H and O–H groups in total. The van der Waals surface area contributed by atoms with Gasteiger partial charge in [-0.05, 0) is 31.2 Å². The van der Waals surface area contributed by atoms with Crippen molar-refractivity contribution in [2.45, 2.75) is 13.5 Å². The van der Waals surface area contributed by atoms with Gasteiger partial charge in [-0.25, -0.2) is 0 Å². The van der Waals surface area contributed by atoms with Crippen LogP contribution < -0.4 is 4.74 Å². The molecule has 0 amide bonds. The highest BCUT2D eigenvalue weighted by atomic mass is 35.5. The van der Waals surface area contributed by atoms with Crippen LogP contribution in [0.2, 0.25) is 5.02 Å². The van der Waals surface area contributed by atoms with E-state index in [1.165, 1.54) is 6.92 Å². The molecule has 0 bridgehead atoms. The first-order chi connectivity index (χ1) is 10.6. The number of ketones is 1. The predicted molar refractivity (Wildman–Crippen MR) is 86.8 cm³/mol. The van der Waals surface area contributed by atoms with E-state index in [1.807, 2.05) is 18.2 Å². The molecule has 0 aliphatic carbocycles. The molecule has 0 fully saturated rings. The third kappa shape index (κ3) is 4.09. The van der Waals surface area contributed by atoms with Crippen LogP contribution in [-0.2, 0) is 11.4 Å². The molecule has 0 aliphatic rings. The first-order valence-corrected chi connectivity index (χ1v) is 7.07. The van der Waals surface area contributed by atoms with Crippen molar-refractivity contribution in [3.8, 4) is 5.75 Å². The van der Waals surface area contributed by atoms with Crippen LogP contribution in [0.4, 0.5) is 0 Å². The van der Waals surface area contributed by atoms with Gasteiger partial charge in [0.05, 0.1) is 13.3 Å². The number of hydrogen-bond acceptors (Lipinski definition) is 4. The fraction of sp³-hybridized carbons (Fsp3) is 0.176. The lowest BCUT2D eigenvalue weighted by atomic mass is 10.1. The van der Waals surface area contributed by atoms with Crippen molar-refractivity contribution >= 4 is 23.6 Å². The SMILES string of the molecule is COc1ccc(C(C)=O)cc1CON=Cc1ccccc1Cl. The summed E-state index contributed by atoms with van der Waals surface area (Å²) in [5.41, 5.74) is 2.13. The number of carbonyl (C=O) groups is 1. The van der Waals surface area contributed by atoms with Crippen molar-refractivity contribution in [3.63, 3.8) is 0 Å². The minimum atomic E-state index is -0.0107. The van der Waals surface area contributed by atoms with Gasteiger partial charge in [0.2, 0.25) is 0 Å². The first-order valence-electron chi connectivity index (χ1n) is 6.69. The van der Waals surface area contributed by atoms with Crippen molar-refractivity contribution < 1.29 is 14.4 Å². The number of oxime groups is 1. The third-order valence-electron chi connectivity index (χ3n) is 3.08. The van der Waals surface area contributed by atoms with E-state index in [2.05, 4.69) is 5.16 Å². The maximum absolute atomic E-state index is 11.4. The summed E-state index contributed by atoms with van der Waals surface area (Å²) in [6.07, 6.45) is 1.55. The summed E-state index contributed by atoms with van der Waals surface area (Å²) in [6, 6.07) is 12.5. The molecule has 0 radical (unpaired) electrons. The highest BCUT2D eigenvalue weighted by Crippen LogP contribution is 2.21. The number of halogens is 1. The molecule has 2 aromatic rings. The van der Waals surface area contributed by atoms with Gasteiger partial charge in [-0.3, -0.25) is 4.79 Å². The zero-order chi connectivity index (χ0) is 15.9. The summed E-state index contributed by atoms with van der Waals surface area (Å²) < 4.78 is 5.25. The van der Waals surface area contributed by atoms with E-state index in [1.54, 1.807) is 37.6 Å². The molecule has 22 heavy (non-hydrogen) atoms. The van der Waals surface area contributed by atoms with E-state index in [-0.39, 0.29) is 12.4 Å². The first kappa shape index (κ1) is 16.0. The van der Waals surface area contributed by atoms with Gasteiger partial charge in [-0.15, -0.1) is 0 Å². The summed E-state index contributed by atoms with van der Waals surface area (Å²) in [4.78, 5) is 16.7. The van der Waals surface area contributed by atoms with Crippen LogP contribution in [0.5, 0.6) is 5.75 Å². The summed E-state index contributed by atoms with van der Waals surface area (Å²) in [5.74, 6) is 0.640. The van der Waals surface area contributed by atoms with E-state index in [9.17, 15) is 4.79 Å². The van der Waals surface area contributed by atoms with Gasteiger partial charge in [0.15, 0.2) is 5.78 Å². The molecule has 0 unspecified atom stereocenters. The molecule has 0 spiro atoms. The second kappa shape index (κ2) is 7.61. The lowest BCUT2D eigenvalue weighted by molar-refractivity contribution is 0.101. The minimum Gasteiger partial charge on any atom is -0.496 e. The Balaban J connectivity index is 2.06. The van der Waals surface area contributed by atoms with Crippen molar-refractivity contribution in [1.82, 2.24) is 0 Å². The summed E-state index contributed by atoms with van der Waals surface area (Å²) in [6.45, 7) is 1.72. The maximum atomic E-state index is 11.4. The van der Waals surface area contributed by atoms with Gasteiger partial charge in [-0.1, -0.05) is 35.0 Å². The van der Waals surface area contributed by atoms with Gasteiger partial charge in [0.1, 0.15) is 12.4 Å². The van der Waals surface area contributed by atoms with Crippen LogP contribution in [0.1, 0.15) is 28.4 Å². The molecule has 0 aliphatic heterocycles. The van der Waals surface area contributed by atoms with Gasteiger partial charge in [-0.2, -0.15) is 0 Å². The average molecular weight is 318 g/mol. The second-order valence-electron chi connectivity index (χ2n) is 4.61. The molecule has 4 nitrogen and oxygen atoms in total. The quantitative estimate of drug-likeness (QED) is 0.458. The van der Waals surface area contributed by atoms with Gasteiger partial charge in [0, 0.05) is 21.7 Å². The van der Waals surface area contributed by atoms with Crippen LogP contribution in [0, 0.1) is 0 Å². The molecule has 0 heterocycles. The van der Waals surface area contributed by atoms with Crippen LogP contribution in [0.15, 0.2) is 47.6 Å². The molecule has 2 aromatic carbocycles. The molecule has 0 saturated heterocycles. The Morgan fingerprint density at radius 2 is 2.05 bits per heavy atom. The van der Waals surface area contributed by atoms with Crippen molar-refractivity contribution in [2.24, 2.45) is 5.16 Å². The summed E-state index contributed by atoms with van der Waals surface area (Å²) in [5, 5.41) is 4.50. The number of Topliss-reactive ketones (excluding diaryl/α,β-unsaturated/α-hetero) is 1. The molecule has 2 rings (SSSR count). The Bertz CT molecular complexity index is 698. The van der Waals surface area contributed by atoms with Crippen molar-refractivity contribution in [1.29, 1.82) is 0 Å². The van der Waals surface area contributed by atoms with E-state index in [0.717, 1.165) is 11.1 Å². The van der Waals surface area contributed by atoms with Gasteiger partial charge < -0.3 is 9.57 Å². The Morgan fingerprint density at radius 3 is 2.73 bits per heavy atom. The number of hydrogen-bond donors (Lipinski definition) is 0. The zero-order valence-corrected chi connectivity index (χ0v) is 13.1. The molecule has 5 heteroatoms. The molecular weight excluding hydrogens is 302 g/mol. The lowest BCUT2D eigenvalue weighted by Crippen LogP contribution is -1.98. The Kier molecular flexibility index (Phi) is 5.55. The number of rotatable bonds is 6. The largest absolute Gasteiger partial charge is 0.496 e. The molecule has 0 saturated carbocycles.